The van der Waals surface area contributed by atoms with Crippen LogP contribution in [0.1, 0.15) is 27.2 Å². The average Bonchev–Trinajstić information content (AvgIpc) is 2.48. The van der Waals surface area contributed by atoms with Gasteiger partial charge in [-0.25, -0.2) is 0 Å². The zero-order chi connectivity index (χ0) is 10.4. The Labute approximate surface area is 84.7 Å². The number of hydrogen-bond donors (Lipinski definition) is 1. The Kier molecular flexibility index (Phi) is 2.21. The summed E-state index contributed by atoms with van der Waals surface area (Å²) in [5.41, 5.74) is 0.614. The maximum Gasteiger partial charge on any atom is 0.196 e. The first-order chi connectivity index (χ1) is 6.45. The summed E-state index contributed by atoms with van der Waals surface area (Å²) in [7, 11) is 0. The van der Waals surface area contributed by atoms with Crippen LogP contribution in [0.5, 0.6) is 0 Å². The van der Waals surface area contributed by atoms with Gasteiger partial charge in [-0.15, -0.1) is 0 Å². The van der Waals surface area contributed by atoms with Crippen molar-refractivity contribution in [1.29, 1.82) is 0 Å². The van der Waals surface area contributed by atoms with E-state index in [9.17, 15) is 5.11 Å². The molecule has 1 saturated heterocycles. The molecule has 3 nitrogen and oxygen atoms in total. The second-order valence-electron chi connectivity index (χ2n) is 4.83. The van der Waals surface area contributed by atoms with E-state index >= 15 is 0 Å². The van der Waals surface area contributed by atoms with Gasteiger partial charge in [-0.3, -0.25) is 0 Å². The predicted octanol–water partition coefficient (Wildman–Crippen LogP) is 1.27. The fourth-order valence-corrected chi connectivity index (χ4v) is 2.32. The Morgan fingerprint density at radius 1 is 1.36 bits per heavy atom. The molecule has 1 fully saturated rings. The van der Waals surface area contributed by atoms with Gasteiger partial charge in [0, 0.05) is 17.9 Å². The van der Waals surface area contributed by atoms with E-state index in [1.54, 1.807) is 0 Å². The summed E-state index contributed by atoms with van der Waals surface area (Å²) in [4.78, 5) is 0. The monoisotopic (exact) mass is 197 g/mol. The van der Waals surface area contributed by atoms with E-state index in [0.717, 1.165) is 5.57 Å². The minimum atomic E-state index is -0.688. The van der Waals surface area contributed by atoms with Crippen LogP contribution >= 0.6 is 0 Å². The topological polar surface area (TPSA) is 38.7 Å². The van der Waals surface area contributed by atoms with Gasteiger partial charge in [0.25, 0.3) is 0 Å². The number of hydrogen-bond acceptors (Lipinski definition) is 3. The molecule has 2 aliphatic rings. The fraction of sp³-hybridized carbons (Fsp3) is 0.818. The largest absolute Gasteiger partial charge is 0.388 e. The Bertz CT molecular complexity index is 262. The molecule has 14 heavy (non-hydrogen) atoms. The van der Waals surface area contributed by atoms with E-state index in [0.29, 0.717) is 19.6 Å². The highest BCUT2D eigenvalue weighted by Gasteiger charge is 2.47. The van der Waals surface area contributed by atoms with Crippen LogP contribution in [-0.4, -0.2) is 30.2 Å². The molecule has 1 radical (unpaired) electrons. The van der Waals surface area contributed by atoms with Crippen molar-refractivity contribution in [3.05, 3.63) is 11.6 Å². The van der Waals surface area contributed by atoms with Gasteiger partial charge in [-0.05, 0) is 12.5 Å². The molecule has 79 valence electrons. The van der Waals surface area contributed by atoms with Crippen molar-refractivity contribution < 1.29 is 14.6 Å². The van der Waals surface area contributed by atoms with Crippen LogP contribution < -0.4 is 0 Å². The van der Waals surface area contributed by atoms with E-state index in [1.807, 2.05) is 20.8 Å². The minimum Gasteiger partial charge on any atom is -0.388 e. The highest BCUT2D eigenvalue weighted by atomic mass is 16.7. The highest BCUT2D eigenvalue weighted by Crippen LogP contribution is 2.43. The quantitative estimate of drug-likeness (QED) is 0.635. The van der Waals surface area contributed by atoms with Crippen molar-refractivity contribution in [2.45, 2.75) is 39.1 Å². The Morgan fingerprint density at radius 2 is 1.93 bits per heavy atom. The van der Waals surface area contributed by atoms with Gasteiger partial charge < -0.3 is 14.6 Å². The van der Waals surface area contributed by atoms with E-state index in [1.165, 1.54) is 0 Å². The summed E-state index contributed by atoms with van der Waals surface area (Å²) in [5.74, 6) is -0.688. The third kappa shape index (κ3) is 1.49. The summed E-state index contributed by atoms with van der Waals surface area (Å²) in [5, 5.41) is 9.94. The van der Waals surface area contributed by atoms with Crippen molar-refractivity contribution in [3.8, 4) is 0 Å². The lowest BCUT2D eigenvalue weighted by atomic mass is 9.72. The highest BCUT2D eigenvalue weighted by molar-refractivity contribution is 5.15. The maximum atomic E-state index is 9.94. The molecular formula is C11H17O3. The molecule has 1 unspecified atom stereocenters. The van der Waals surface area contributed by atoms with Gasteiger partial charge >= 0.3 is 0 Å². The maximum absolute atomic E-state index is 9.94. The van der Waals surface area contributed by atoms with E-state index < -0.39 is 11.9 Å². The van der Waals surface area contributed by atoms with Gasteiger partial charge in [0.05, 0.1) is 19.3 Å². The normalized spacial score (nSPS) is 34.6. The lowest BCUT2D eigenvalue weighted by molar-refractivity contribution is -0.165. The summed E-state index contributed by atoms with van der Waals surface area (Å²) in [6, 6.07) is 0. The molecule has 0 aromatic heterocycles. The van der Waals surface area contributed by atoms with Gasteiger partial charge in [0.15, 0.2) is 5.79 Å². The predicted molar refractivity (Wildman–Crippen MR) is 51.5 cm³/mol. The molecule has 1 atom stereocenters. The van der Waals surface area contributed by atoms with Gasteiger partial charge in [0.2, 0.25) is 0 Å². The van der Waals surface area contributed by atoms with Gasteiger partial charge in [-0.2, -0.15) is 0 Å². The summed E-state index contributed by atoms with van der Waals surface area (Å²) in [6.07, 6.45) is 3.34. The number of ether oxygens (including phenoxy) is 2. The molecular weight excluding hydrogens is 180 g/mol. The van der Waals surface area contributed by atoms with Gasteiger partial charge in [0.1, 0.15) is 0 Å². The number of aliphatic hydroxyl groups excluding tert-OH is 1. The lowest BCUT2D eigenvalue weighted by Gasteiger charge is -2.41. The number of rotatable bonds is 0. The van der Waals surface area contributed by atoms with Crippen molar-refractivity contribution in [2.75, 3.05) is 13.2 Å². The van der Waals surface area contributed by atoms with Crippen LogP contribution in [0.3, 0.4) is 0 Å². The molecule has 0 saturated carbocycles. The van der Waals surface area contributed by atoms with Crippen LogP contribution in [0.15, 0.2) is 5.57 Å². The van der Waals surface area contributed by atoms with Crippen LogP contribution in [0.4, 0.5) is 0 Å². The first-order valence-electron chi connectivity index (χ1n) is 5.03. The Balaban J connectivity index is 2.32. The summed E-state index contributed by atoms with van der Waals surface area (Å²) in [6.45, 7) is 7.15. The van der Waals surface area contributed by atoms with Crippen molar-refractivity contribution in [2.24, 2.45) is 5.41 Å². The second kappa shape index (κ2) is 3.05. The third-order valence-corrected chi connectivity index (χ3v) is 2.98. The molecule has 2 rings (SSSR count). The molecule has 0 amide bonds. The molecule has 0 bridgehead atoms. The zero-order valence-corrected chi connectivity index (χ0v) is 8.96. The van der Waals surface area contributed by atoms with Crippen molar-refractivity contribution >= 4 is 0 Å². The van der Waals surface area contributed by atoms with Crippen molar-refractivity contribution in [3.63, 3.8) is 0 Å². The lowest BCUT2D eigenvalue weighted by Crippen LogP contribution is -2.45. The zero-order valence-electron chi connectivity index (χ0n) is 8.96. The Morgan fingerprint density at radius 3 is 2.43 bits per heavy atom. The third-order valence-electron chi connectivity index (χ3n) is 2.98. The molecule has 1 spiro atoms. The summed E-state index contributed by atoms with van der Waals surface area (Å²) >= 11 is 0. The molecule has 3 heteroatoms. The smallest absolute Gasteiger partial charge is 0.196 e. The fourth-order valence-electron chi connectivity index (χ4n) is 2.32. The van der Waals surface area contributed by atoms with E-state index in [4.69, 9.17) is 9.47 Å². The molecule has 1 aliphatic carbocycles. The van der Waals surface area contributed by atoms with Crippen LogP contribution in [0.25, 0.3) is 0 Å². The van der Waals surface area contributed by atoms with E-state index in [-0.39, 0.29) is 5.41 Å². The second-order valence-corrected chi connectivity index (χ2v) is 4.83. The standard InChI is InChI=1S/C11H17O3/c1-8-6-11(13-4-5-14-11)7-10(2,3)9(8)12/h9,12H,4-5,7H2,1-3H3. The first kappa shape index (κ1) is 10.1. The Hall–Kier alpha value is -0.380. The average molecular weight is 197 g/mol. The van der Waals surface area contributed by atoms with Crippen LogP contribution in [0, 0.1) is 11.5 Å². The van der Waals surface area contributed by atoms with Gasteiger partial charge in [-0.1, -0.05) is 13.8 Å². The molecule has 1 heterocycles. The van der Waals surface area contributed by atoms with E-state index in [2.05, 4.69) is 6.08 Å². The minimum absolute atomic E-state index is 0.209. The first-order valence-corrected chi connectivity index (χ1v) is 5.03. The SMILES string of the molecule is CC1=[C]C2(CC(C)(C)C1O)OCCO2. The molecule has 1 N–H and O–H groups in total. The molecule has 0 aromatic carbocycles. The van der Waals surface area contributed by atoms with Crippen LogP contribution in [0.2, 0.25) is 0 Å². The molecule has 0 aromatic rings. The summed E-state index contributed by atoms with van der Waals surface area (Å²) < 4.78 is 11.1. The molecule has 1 aliphatic heterocycles. The van der Waals surface area contributed by atoms with Crippen LogP contribution in [-0.2, 0) is 9.47 Å². The number of aliphatic hydroxyl groups is 1. The van der Waals surface area contributed by atoms with Crippen molar-refractivity contribution in [1.82, 2.24) is 0 Å².